The number of aromatic amines is 1. The molecule has 0 spiro atoms. The van der Waals surface area contributed by atoms with Gasteiger partial charge in [-0.25, -0.2) is 9.78 Å². The van der Waals surface area contributed by atoms with Gasteiger partial charge in [0.2, 0.25) is 8.32 Å². The van der Waals surface area contributed by atoms with E-state index in [-0.39, 0.29) is 6.42 Å². The number of pyridine rings is 1. The molecule has 1 heterocycles. The second kappa shape index (κ2) is 14.0. The van der Waals surface area contributed by atoms with Gasteiger partial charge in [-0.2, -0.15) is 0 Å². The predicted molar refractivity (Wildman–Crippen MR) is 169 cm³/mol. The van der Waals surface area contributed by atoms with Gasteiger partial charge in [-0.15, -0.1) is 0 Å². The molecule has 0 aliphatic heterocycles. The minimum absolute atomic E-state index is 0.255. The van der Waals surface area contributed by atoms with Gasteiger partial charge < -0.3 is 24.0 Å². The van der Waals surface area contributed by atoms with Crippen molar-refractivity contribution in [3.8, 4) is 17.2 Å². The number of halogens is 2. The van der Waals surface area contributed by atoms with Crippen LogP contribution < -0.4 is 24.2 Å². The third-order valence-electron chi connectivity index (χ3n) is 6.33. The lowest BCUT2D eigenvalue weighted by molar-refractivity contribution is -0.377. The smallest absolute Gasteiger partial charge is 0.338 e. The molecule has 0 radical (unpaired) electrons. The standard InChI is InChI=1S/C32H34Cl2N2O5Si/c1-38-29-13-12-22(15-31(29)39-2)30(17-26-27(33)19-35-20-28(26)34)40-32(37)23-9-6-8-21(14-23)18-36-24-10-7-11-25(16-24)41-42(3,4)5/h6-16,19-20,30,36H,17-18H2,1-5H3/p+1/t30-/m0/s1. The van der Waals surface area contributed by atoms with Crippen molar-refractivity contribution in [3.63, 3.8) is 0 Å². The minimum atomic E-state index is -1.72. The van der Waals surface area contributed by atoms with E-state index in [9.17, 15) is 4.79 Å². The molecule has 10 heteroatoms. The Bertz CT molecular complexity index is 1520. The number of aromatic nitrogens is 1. The zero-order valence-electron chi connectivity index (χ0n) is 24.3. The van der Waals surface area contributed by atoms with Crippen LogP contribution in [0.25, 0.3) is 0 Å². The lowest BCUT2D eigenvalue weighted by Gasteiger charge is -2.21. The number of rotatable bonds is 12. The molecule has 7 nitrogen and oxygen atoms in total. The van der Waals surface area contributed by atoms with Crippen LogP contribution in [0.1, 0.15) is 33.2 Å². The van der Waals surface area contributed by atoms with Gasteiger partial charge in [0.05, 0.1) is 19.8 Å². The molecular weight excluding hydrogens is 591 g/mol. The van der Waals surface area contributed by atoms with Crippen molar-refractivity contribution >= 4 is 43.2 Å². The van der Waals surface area contributed by atoms with E-state index in [2.05, 4.69) is 29.9 Å². The first kappa shape index (κ1) is 31.2. The number of esters is 1. The van der Waals surface area contributed by atoms with Crippen molar-refractivity contribution < 1.29 is 28.4 Å². The minimum Gasteiger partial charge on any atom is -0.544 e. The van der Waals surface area contributed by atoms with Gasteiger partial charge in [0.25, 0.3) is 0 Å². The molecule has 1 atom stereocenters. The Kier molecular flexibility index (Phi) is 10.4. The summed E-state index contributed by atoms with van der Waals surface area (Å²) in [4.78, 5) is 16.4. The summed E-state index contributed by atoms with van der Waals surface area (Å²) >= 11 is 12.9. The van der Waals surface area contributed by atoms with Gasteiger partial charge in [0.1, 0.15) is 21.9 Å². The summed E-state index contributed by atoms with van der Waals surface area (Å²) in [5, 5.41) is 4.30. The fraction of sp³-hybridized carbons (Fsp3) is 0.250. The predicted octanol–water partition coefficient (Wildman–Crippen LogP) is 7.79. The first-order valence-electron chi connectivity index (χ1n) is 13.4. The largest absolute Gasteiger partial charge is 0.544 e. The lowest BCUT2D eigenvalue weighted by Crippen LogP contribution is -2.29. The molecule has 0 bridgehead atoms. The molecule has 42 heavy (non-hydrogen) atoms. The van der Waals surface area contributed by atoms with Gasteiger partial charge in [-0.05, 0) is 67.2 Å². The summed E-state index contributed by atoms with van der Waals surface area (Å²) in [6.07, 6.45) is 2.83. The number of hydrogen-bond donors (Lipinski definition) is 1. The fourth-order valence-electron chi connectivity index (χ4n) is 4.37. The summed E-state index contributed by atoms with van der Waals surface area (Å²) in [6.45, 7) is 6.96. The highest BCUT2D eigenvalue weighted by Gasteiger charge is 2.24. The Hall–Kier alpha value is -3.72. The Labute approximate surface area is 257 Å². The Balaban J connectivity index is 1.54. The van der Waals surface area contributed by atoms with E-state index in [0.717, 1.165) is 17.0 Å². The maximum absolute atomic E-state index is 13.5. The molecule has 0 fully saturated rings. The molecule has 0 aliphatic carbocycles. The molecular formula is C32H35Cl2N2O5Si+. The van der Waals surface area contributed by atoms with E-state index in [1.165, 1.54) is 0 Å². The summed E-state index contributed by atoms with van der Waals surface area (Å²) in [5.74, 6) is 1.45. The van der Waals surface area contributed by atoms with Gasteiger partial charge >= 0.3 is 5.97 Å². The summed E-state index contributed by atoms with van der Waals surface area (Å²) < 4.78 is 23.1. The average Bonchev–Trinajstić information content (AvgIpc) is 2.96. The molecule has 2 N–H and O–H groups in total. The molecule has 0 saturated heterocycles. The zero-order chi connectivity index (χ0) is 30.3. The van der Waals surface area contributed by atoms with Crippen LogP contribution in [0.2, 0.25) is 29.7 Å². The average molecular weight is 627 g/mol. The number of carbonyl (C=O) groups excluding carboxylic acids is 1. The number of carbonyl (C=O) groups is 1. The Morgan fingerprint density at radius 1 is 0.905 bits per heavy atom. The van der Waals surface area contributed by atoms with Crippen molar-refractivity contribution in [1.29, 1.82) is 0 Å². The highest BCUT2D eigenvalue weighted by Crippen LogP contribution is 2.35. The fourth-order valence-corrected chi connectivity index (χ4v) is 5.74. The van der Waals surface area contributed by atoms with Gasteiger partial charge in [0, 0.05) is 30.3 Å². The number of anilines is 1. The number of hydrogen-bond acceptors (Lipinski definition) is 6. The zero-order valence-corrected chi connectivity index (χ0v) is 26.8. The normalized spacial score (nSPS) is 11.9. The maximum atomic E-state index is 13.5. The van der Waals surface area contributed by atoms with Gasteiger partial charge in [-0.1, -0.05) is 47.5 Å². The summed E-state index contributed by atoms with van der Waals surface area (Å²) in [7, 11) is 1.40. The van der Waals surface area contributed by atoms with Crippen molar-refractivity contribution in [2.24, 2.45) is 0 Å². The second-order valence-electron chi connectivity index (χ2n) is 10.6. The van der Waals surface area contributed by atoms with Crippen LogP contribution in [-0.2, 0) is 17.7 Å². The number of ether oxygens (including phenoxy) is 3. The SMILES string of the molecule is COc1ccc([C@H](Cc2c(Cl)c[nH+]cc2Cl)OC(=O)c2cccc(CNc3cccc(O[Si](C)(C)C)c3)c2)cc1OC. The molecule has 4 aromatic rings. The monoisotopic (exact) mass is 625 g/mol. The Morgan fingerprint density at radius 2 is 1.62 bits per heavy atom. The topological polar surface area (TPSA) is 80.2 Å². The van der Waals surface area contributed by atoms with Crippen molar-refractivity contribution in [2.45, 2.75) is 38.7 Å². The summed E-state index contributed by atoms with van der Waals surface area (Å²) in [5.41, 5.74) is 3.64. The molecule has 220 valence electrons. The van der Waals surface area contributed by atoms with Crippen molar-refractivity contribution in [3.05, 3.63) is 111 Å². The van der Waals surface area contributed by atoms with Gasteiger partial charge in [0.15, 0.2) is 23.9 Å². The van der Waals surface area contributed by atoms with Crippen LogP contribution in [0.4, 0.5) is 5.69 Å². The number of methoxy groups -OCH3 is 2. The maximum Gasteiger partial charge on any atom is 0.338 e. The van der Waals surface area contributed by atoms with Crippen LogP contribution in [0.15, 0.2) is 79.1 Å². The third-order valence-corrected chi connectivity index (χ3v) is 7.85. The highest BCUT2D eigenvalue weighted by atomic mass is 35.5. The van der Waals surface area contributed by atoms with Crippen molar-refractivity contribution in [2.75, 3.05) is 19.5 Å². The van der Waals surface area contributed by atoms with E-state index < -0.39 is 20.4 Å². The summed E-state index contributed by atoms with van der Waals surface area (Å²) in [6, 6.07) is 20.6. The lowest BCUT2D eigenvalue weighted by atomic mass is 10.0. The van der Waals surface area contributed by atoms with E-state index in [1.807, 2.05) is 48.5 Å². The number of nitrogens with one attached hydrogen (secondary N) is 2. The highest BCUT2D eigenvalue weighted by molar-refractivity contribution is 6.70. The molecule has 0 saturated carbocycles. The van der Waals surface area contributed by atoms with Crippen LogP contribution in [0.5, 0.6) is 17.2 Å². The van der Waals surface area contributed by atoms with Crippen LogP contribution in [-0.4, -0.2) is 28.5 Å². The van der Waals surface area contributed by atoms with Crippen molar-refractivity contribution in [1.82, 2.24) is 0 Å². The van der Waals surface area contributed by atoms with Crippen LogP contribution >= 0.6 is 23.2 Å². The first-order chi connectivity index (χ1) is 20.1. The quantitative estimate of drug-likeness (QED) is 0.128. The molecule has 0 unspecified atom stereocenters. The first-order valence-corrected chi connectivity index (χ1v) is 17.6. The third kappa shape index (κ3) is 8.41. The molecule has 0 aliphatic rings. The molecule has 0 amide bonds. The number of H-pyrrole nitrogens is 1. The molecule has 1 aromatic heterocycles. The second-order valence-corrected chi connectivity index (χ2v) is 15.9. The molecule has 4 rings (SSSR count). The van der Waals surface area contributed by atoms with E-state index in [1.54, 1.807) is 44.8 Å². The van der Waals surface area contributed by atoms with Crippen LogP contribution in [0.3, 0.4) is 0 Å². The van der Waals surface area contributed by atoms with Gasteiger partial charge in [-0.3, -0.25) is 0 Å². The van der Waals surface area contributed by atoms with E-state index in [4.69, 9.17) is 41.8 Å². The Morgan fingerprint density at radius 3 is 2.31 bits per heavy atom. The van der Waals surface area contributed by atoms with E-state index >= 15 is 0 Å². The molecule has 3 aromatic carbocycles. The van der Waals surface area contributed by atoms with E-state index in [0.29, 0.717) is 44.8 Å². The number of benzene rings is 3. The van der Waals surface area contributed by atoms with Crippen LogP contribution in [0, 0.1) is 0 Å².